The van der Waals surface area contributed by atoms with Crippen LogP contribution in [-0.4, -0.2) is 13.4 Å². The van der Waals surface area contributed by atoms with E-state index in [1.165, 1.54) is 14.7 Å². The highest BCUT2D eigenvalue weighted by atomic mass is 32.2. The smallest absolute Gasteiger partial charge is 0.196 e. The van der Waals surface area contributed by atoms with Crippen LogP contribution in [0.25, 0.3) is 0 Å². The van der Waals surface area contributed by atoms with Crippen molar-refractivity contribution in [3.05, 3.63) is 115 Å². The summed E-state index contributed by atoms with van der Waals surface area (Å²) in [6.45, 7) is 2.37. The van der Waals surface area contributed by atoms with Gasteiger partial charge in [0.05, 0.1) is 10.9 Å². The molecule has 4 aromatic rings. The molecule has 1 atom stereocenters. The lowest BCUT2D eigenvalue weighted by Gasteiger charge is -2.13. The third-order valence-corrected chi connectivity index (χ3v) is 7.21. The minimum absolute atomic E-state index is 0.151. The van der Waals surface area contributed by atoms with Gasteiger partial charge in [0.25, 0.3) is 0 Å². The summed E-state index contributed by atoms with van der Waals surface area (Å²) in [5.41, 5.74) is 1.08. The maximum absolute atomic E-state index is 6.02. The number of ether oxygens (including phenoxy) is 3. The fraction of sp³-hybridized carbons (Fsp3) is 0.143. The van der Waals surface area contributed by atoms with Gasteiger partial charge in [-0.2, -0.15) is 0 Å². The van der Waals surface area contributed by atoms with Crippen LogP contribution in [0.15, 0.2) is 124 Å². The van der Waals surface area contributed by atoms with Crippen molar-refractivity contribution in [1.29, 1.82) is 0 Å². The molecule has 3 nitrogen and oxygen atoms in total. The molecular formula is C28H27O3S+. The lowest BCUT2D eigenvalue weighted by Crippen LogP contribution is -2.13. The van der Waals surface area contributed by atoms with Gasteiger partial charge in [0.2, 0.25) is 0 Å². The maximum atomic E-state index is 6.02. The molecule has 0 aliphatic heterocycles. The molecule has 0 heterocycles. The summed E-state index contributed by atoms with van der Waals surface area (Å²) in [4.78, 5) is 3.87. The predicted octanol–water partition coefficient (Wildman–Crippen LogP) is 6.73. The van der Waals surface area contributed by atoms with E-state index in [4.69, 9.17) is 14.2 Å². The zero-order chi connectivity index (χ0) is 22.2. The zero-order valence-corrected chi connectivity index (χ0v) is 19.1. The number of benzene rings is 4. The predicted molar refractivity (Wildman–Crippen MR) is 129 cm³/mol. The van der Waals surface area contributed by atoms with E-state index < -0.39 is 0 Å². The van der Waals surface area contributed by atoms with Crippen LogP contribution in [0.3, 0.4) is 0 Å². The highest BCUT2D eigenvalue weighted by molar-refractivity contribution is 7.97. The molecule has 0 saturated carbocycles. The van der Waals surface area contributed by atoms with E-state index >= 15 is 0 Å². The van der Waals surface area contributed by atoms with Crippen molar-refractivity contribution in [2.24, 2.45) is 0 Å². The summed E-state index contributed by atoms with van der Waals surface area (Å²) in [6, 6.07) is 37.6. The second-order valence-electron chi connectivity index (χ2n) is 7.26. The Hall–Kier alpha value is -3.21. The second kappa shape index (κ2) is 10.9. The van der Waals surface area contributed by atoms with Gasteiger partial charge in [-0.25, -0.2) is 0 Å². The molecule has 162 valence electrons. The molecule has 0 radical (unpaired) electrons. The van der Waals surface area contributed by atoms with Gasteiger partial charge in [-0.15, -0.1) is 0 Å². The lowest BCUT2D eigenvalue weighted by atomic mass is 10.2. The molecular weight excluding hydrogens is 416 g/mol. The standard InChI is InChI=1S/C28H27O3S/c1-22(29-2)31-25-15-13-23(14-16-25)21-30-24-17-19-28(20-18-24)32(26-9-5-3-6-10-26)27-11-7-4-8-12-27/h3-20,22H,21H2,1-2H3/q+1. The monoisotopic (exact) mass is 443 g/mol. The van der Waals surface area contributed by atoms with Gasteiger partial charge < -0.3 is 14.2 Å². The van der Waals surface area contributed by atoms with Crippen LogP contribution < -0.4 is 9.47 Å². The third-order valence-electron chi connectivity index (χ3n) is 4.98. The van der Waals surface area contributed by atoms with Gasteiger partial charge in [-0.3, -0.25) is 0 Å². The minimum Gasteiger partial charge on any atom is -0.489 e. The van der Waals surface area contributed by atoms with Gasteiger partial charge >= 0.3 is 0 Å². The van der Waals surface area contributed by atoms with E-state index in [0.717, 1.165) is 17.1 Å². The molecule has 0 aliphatic rings. The van der Waals surface area contributed by atoms with E-state index in [0.29, 0.717) is 6.61 Å². The Morgan fingerprint density at radius 2 is 1.12 bits per heavy atom. The Bertz CT molecular complexity index is 1040. The number of hydrogen-bond acceptors (Lipinski definition) is 3. The van der Waals surface area contributed by atoms with Crippen molar-refractivity contribution in [3.63, 3.8) is 0 Å². The van der Waals surface area contributed by atoms with Crippen molar-refractivity contribution in [1.82, 2.24) is 0 Å². The molecule has 0 amide bonds. The maximum Gasteiger partial charge on any atom is 0.196 e. The van der Waals surface area contributed by atoms with Gasteiger partial charge in [0, 0.05) is 7.11 Å². The molecule has 1 unspecified atom stereocenters. The van der Waals surface area contributed by atoms with Crippen LogP contribution in [0.4, 0.5) is 0 Å². The summed E-state index contributed by atoms with van der Waals surface area (Å²) in [6.07, 6.45) is -0.271. The molecule has 0 N–H and O–H groups in total. The fourth-order valence-corrected chi connectivity index (χ4v) is 5.35. The molecule has 0 aromatic heterocycles. The first-order valence-electron chi connectivity index (χ1n) is 10.6. The van der Waals surface area contributed by atoms with Crippen molar-refractivity contribution in [2.45, 2.75) is 34.5 Å². The van der Waals surface area contributed by atoms with Gasteiger partial charge in [-0.1, -0.05) is 48.5 Å². The molecule has 4 aromatic carbocycles. The summed E-state index contributed by atoms with van der Waals surface area (Å²) >= 11 is 0. The van der Waals surface area contributed by atoms with Crippen LogP contribution in [0.2, 0.25) is 0 Å². The lowest BCUT2D eigenvalue weighted by molar-refractivity contribution is -0.0382. The third kappa shape index (κ3) is 5.72. The number of rotatable bonds is 9. The summed E-state index contributed by atoms with van der Waals surface area (Å²) in [7, 11) is 1.47. The molecule has 0 spiro atoms. The first kappa shape index (κ1) is 22.0. The highest BCUT2D eigenvalue weighted by Crippen LogP contribution is 2.32. The molecule has 0 bridgehead atoms. The van der Waals surface area contributed by atoms with E-state index in [1.807, 2.05) is 31.2 Å². The molecule has 0 fully saturated rings. The summed E-state index contributed by atoms with van der Waals surface area (Å²) < 4.78 is 16.8. The van der Waals surface area contributed by atoms with Crippen molar-refractivity contribution < 1.29 is 14.2 Å². The quantitative estimate of drug-likeness (QED) is 0.212. The zero-order valence-electron chi connectivity index (χ0n) is 18.3. The molecule has 32 heavy (non-hydrogen) atoms. The highest BCUT2D eigenvalue weighted by Gasteiger charge is 2.28. The van der Waals surface area contributed by atoms with E-state index in [-0.39, 0.29) is 17.2 Å². The molecule has 4 heteroatoms. The summed E-state index contributed by atoms with van der Waals surface area (Å²) in [5.74, 6) is 1.63. The second-order valence-corrected chi connectivity index (χ2v) is 9.28. The fourth-order valence-electron chi connectivity index (χ4n) is 3.26. The SMILES string of the molecule is COC(C)Oc1ccc(COc2ccc([S+](c3ccccc3)c3ccccc3)cc2)cc1. The largest absolute Gasteiger partial charge is 0.489 e. The van der Waals surface area contributed by atoms with Gasteiger partial charge in [0.15, 0.2) is 21.0 Å². The number of methoxy groups -OCH3 is 1. The van der Waals surface area contributed by atoms with Gasteiger partial charge in [-0.05, 0) is 73.2 Å². The Morgan fingerprint density at radius 1 is 0.625 bits per heavy atom. The molecule has 0 aliphatic carbocycles. The van der Waals surface area contributed by atoms with E-state index in [1.54, 1.807) is 7.11 Å². The summed E-state index contributed by atoms with van der Waals surface area (Å²) in [5, 5.41) is 0. The van der Waals surface area contributed by atoms with E-state index in [9.17, 15) is 0 Å². The first-order valence-corrected chi connectivity index (χ1v) is 11.8. The Morgan fingerprint density at radius 3 is 1.66 bits per heavy atom. The topological polar surface area (TPSA) is 27.7 Å². The van der Waals surface area contributed by atoms with Crippen LogP contribution in [0.5, 0.6) is 11.5 Å². The van der Waals surface area contributed by atoms with Crippen LogP contribution in [0.1, 0.15) is 12.5 Å². The van der Waals surface area contributed by atoms with Gasteiger partial charge in [0.1, 0.15) is 18.1 Å². The van der Waals surface area contributed by atoms with Crippen LogP contribution >= 0.6 is 0 Å². The molecule has 0 saturated heterocycles. The molecule has 4 rings (SSSR count). The van der Waals surface area contributed by atoms with Crippen molar-refractivity contribution >= 4 is 10.9 Å². The van der Waals surface area contributed by atoms with Crippen LogP contribution in [0, 0.1) is 0 Å². The Balaban J connectivity index is 1.45. The average molecular weight is 444 g/mol. The minimum atomic E-state index is -0.271. The van der Waals surface area contributed by atoms with E-state index in [2.05, 4.69) is 84.9 Å². The first-order chi connectivity index (χ1) is 15.7. The van der Waals surface area contributed by atoms with Crippen molar-refractivity contribution in [2.75, 3.05) is 7.11 Å². The normalized spacial score (nSPS) is 11.8. The Kier molecular flexibility index (Phi) is 7.49. The number of hydrogen-bond donors (Lipinski definition) is 0. The van der Waals surface area contributed by atoms with Crippen molar-refractivity contribution in [3.8, 4) is 11.5 Å². The average Bonchev–Trinajstić information content (AvgIpc) is 2.86. The van der Waals surface area contributed by atoms with Crippen LogP contribution in [-0.2, 0) is 22.2 Å². The Labute approximate surface area is 192 Å².